The molecule has 4 nitrogen and oxygen atoms in total. The Hall–Kier alpha value is -2.14. The molecule has 0 radical (unpaired) electrons. The summed E-state index contributed by atoms with van der Waals surface area (Å²) in [5, 5.41) is 0. The molecule has 122 valence electrons. The zero-order valence-electron chi connectivity index (χ0n) is 13.1. The Kier molecular flexibility index (Phi) is 4.76. The molecular formula is C18H20FNO3. The first-order chi connectivity index (χ1) is 11.2. The zero-order chi connectivity index (χ0) is 16.2. The molecule has 1 fully saturated rings. The van der Waals surface area contributed by atoms with Gasteiger partial charge in [-0.3, -0.25) is 4.79 Å². The predicted octanol–water partition coefficient (Wildman–Crippen LogP) is 3.62. The lowest BCUT2D eigenvalue weighted by atomic mass is 9.98. The van der Waals surface area contributed by atoms with Gasteiger partial charge in [-0.1, -0.05) is 6.07 Å². The Bertz CT molecular complexity index is 675. The van der Waals surface area contributed by atoms with E-state index in [1.165, 1.54) is 6.07 Å². The lowest BCUT2D eigenvalue weighted by Gasteiger charge is -2.28. The fraction of sp³-hybridized carbons (Fsp3) is 0.389. The van der Waals surface area contributed by atoms with Crippen LogP contribution in [0.2, 0.25) is 0 Å². The minimum atomic E-state index is -0.417. The van der Waals surface area contributed by atoms with Gasteiger partial charge in [-0.2, -0.15) is 0 Å². The second-order valence-electron chi connectivity index (χ2n) is 5.99. The summed E-state index contributed by atoms with van der Waals surface area (Å²) in [6, 6.07) is 7.93. The van der Waals surface area contributed by atoms with E-state index in [2.05, 4.69) is 11.9 Å². The number of aldehydes is 1. The molecule has 2 heterocycles. The van der Waals surface area contributed by atoms with Crippen LogP contribution in [-0.4, -0.2) is 37.9 Å². The quantitative estimate of drug-likeness (QED) is 0.790. The summed E-state index contributed by atoms with van der Waals surface area (Å²) in [6.07, 6.45) is 2.73. The summed E-state index contributed by atoms with van der Waals surface area (Å²) in [5.74, 6) is 0.856. The van der Waals surface area contributed by atoms with Crippen LogP contribution >= 0.6 is 0 Å². The van der Waals surface area contributed by atoms with E-state index in [-0.39, 0.29) is 11.5 Å². The van der Waals surface area contributed by atoms with E-state index < -0.39 is 5.82 Å². The first-order valence-electron chi connectivity index (χ1n) is 7.82. The molecule has 3 rings (SSSR count). The van der Waals surface area contributed by atoms with Gasteiger partial charge in [0.2, 0.25) is 0 Å². The smallest absolute Gasteiger partial charge is 0.185 e. The average molecular weight is 317 g/mol. The molecular weight excluding hydrogens is 297 g/mol. The molecule has 1 aromatic carbocycles. The van der Waals surface area contributed by atoms with Crippen LogP contribution in [0.15, 0.2) is 34.7 Å². The van der Waals surface area contributed by atoms with Crippen molar-refractivity contribution < 1.29 is 18.3 Å². The zero-order valence-corrected chi connectivity index (χ0v) is 13.1. The van der Waals surface area contributed by atoms with Crippen molar-refractivity contribution in [3.05, 3.63) is 41.9 Å². The van der Waals surface area contributed by atoms with Crippen molar-refractivity contribution in [3.8, 4) is 17.1 Å². The number of nitrogens with zero attached hydrogens (tertiary/aromatic N) is 1. The van der Waals surface area contributed by atoms with Gasteiger partial charge in [-0.25, -0.2) is 4.39 Å². The molecule has 2 aromatic rings. The third-order valence-corrected chi connectivity index (χ3v) is 4.28. The van der Waals surface area contributed by atoms with Crippen LogP contribution in [-0.2, 0) is 0 Å². The number of rotatable bonds is 5. The summed E-state index contributed by atoms with van der Waals surface area (Å²) in [4.78, 5) is 13.0. The summed E-state index contributed by atoms with van der Waals surface area (Å²) in [5.41, 5.74) is 0.533. The number of benzene rings is 1. The average Bonchev–Trinajstić information content (AvgIpc) is 3.04. The Morgan fingerprint density at radius 2 is 2.09 bits per heavy atom. The van der Waals surface area contributed by atoms with E-state index >= 15 is 0 Å². The van der Waals surface area contributed by atoms with Crippen LogP contribution < -0.4 is 4.74 Å². The standard InChI is InChI=1S/C18H20FNO3/c1-20-9-7-13(8-10-20)12-22-18-15(3-2-4-16(18)19)17-6-5-14(11-21)23-17/h2-6,11,13H,7-10,12H2,1H3. The van der Waals surface area contributed by atoms with Gasteiger partial charge in [0.25, 0.3) is 0 Å². The van der Waals surface area contributed by atoms with Crippen LogP contribution in [0.1, 0.15) is 23.4 Å². The molecule has 1 saturated heterocycles. The molecule has 0 bridgehead atoms. The summed E-state index contributed by atoms with van der Waals surface area (Å²) < 4.78 is 25.4. The van der Waals surface area contributed by atoms with E-state index in [0.29, 0.717) is 30.1 Å². The number of carbonyl (C=O) groups excluding carboxylic acids is 1. The van der Waals surface area contributed by atoms with Gasteiger partial charge in [-0.05, 0) is 63.2 Å². The van der Waals surface area contributed by atoms with Crippen LogP contribution in [0.3, 0.4) is 0 Å². The molecule has 5 heteroatoms. The topological polar surface area (TPSA) is 42.7 Å². The molecule has 0 unspecified atom stereocenters. The minimum Gasteiger partial charge on any atom is -0.489 e. The number of furan rings is 1. The number of likely N-dealkylation sites (tertiary alicyclic amines) is 1. The molecule has 0 saturated carbocycles. The first kappa shape index (κ1) is 15.7. The van der Waals surface area contributed by atoms with Crippen molar-refractivity contribution in [1.29, 1.82) is 0 Å². The van der Waals surface area contributed by atoms with E-state index in [0.717, 1.165) is 25.9 Å². The summed E-state index contributed by atoms with van der Waals surface area (Å²) in [7, 11) is 2.10. The SMILES string of the molecule is CN1CCC(COc2c(F)cccc2-c2ccc(C=O)o2)CC1. The molecule has 0 amide bonds. The highest BCUT2D eigenvalue weighted by molar-refractivity contribution is 5.74. The molecule has 0 N–H and O–H groups in total. The number of hydrogen-bond donors (Lipinski definition) is 0. The van der Waals surface area contributed by atoms with Crippen LogP contribution in [0, 0.1) is 11.7 Å². The van der Waals surface area contributed by atoms with Gasteiger partial charge in [0.1, 0.15) is 5.76 Å². The fourth-order valence-corrected chi connectivity index (χ4v) is 2.84. The molecule has 0 aliphatic carbocycles. The summed E-state index contributed by atoms with van der Waals surface area (Å²) in [6.45, 7) is 2.57. The molecule has 1 aliphatic heterocycles. The molecule has 1 aromatic heterocycles. The third kappa shape index (κ3) is 3.62. The van der Waals surface area contributed by atoms with E-state index in [4.69, 9.17) is 9.15 Å². The van der Waals surface area contributed by atoms with Crippen molar-refractivity contribution >= 4 is 6.29 Å². The largest absolute Gasteiger partial charge is 0.489 e. The minimum absolute atomic E-state index is 0.193. The van der Waals surface area contributed by atoms with E-state index in [9.17, 15) is 9.18 Å². The number of halogens is 1. The maximum Gasteiger partial charge on any atom is 0.185 e. The van der Waals surface area contributed by atoms with Crippen molar-refractivity contribution in [2.75, 3.05) is 26.7 Å². The predicted molar refractivity (Wildman–Crippen MR) is 85.2 cm³/mol. The second-order valence-corrected chi connectivity index (χ2v) is 5.99. The van der Waals surface area contributed by atoms with E-state index in [1.54, 1.807) is 24.3 Å². The Morgan fingerprint density at radius 1 is 1.30 bits per heavy atom. The Balaban J connectivity index is 1.77. The van der Waals surface area contributed by atoms with Crippen molar-refractivity contribution in [2.45, 2.75) is 12.8 Å². The monoisotopic (exact) mass is 317 g/mol. The molecule has 1 aliphatic rings. The van der Waals surface area contributed by atoms with Crippen LogP contribution in [0.25, 0.3) is 11.3 Å². The van der Waals surface area contributed by atoms with Gasteiger partial charge < -0.3 is 14.1 Å². The summed E-state index contributed by atoms with van der Waals surface area (Å²) >= 11 is 0. The van der Waals surface area contributed by atoms with Gasteiger partial charge >= 0.3 is 0 Å². The number of ether oxygens (including phenoxy) is 1. The van der Waals surface area contributed by atoms with Crippen LogP contribution in [0.4, 0.5) is 4.39 Å². The lowest BCUT2D eigenvalue weighted by molar-refractivity contribution is 0.110. The highest BCUT2D eigenvalue weighted by Gasteiger charge is 2.20. The highest BCUT2D eigenvalue weighted by Crippen LogP contribution is 2.34. The Labute approximate surface area is 134 Å². The fourth-order valence-electron chi connectivity index (χ4n) is 2.84. The Morgan fingerprint density at radius 3 is 2.78 bits per heavy atom. The van der Waals surface area contributed by atoms with Gasteiger partial charge in [-0.15, -0.1) is 0 Å². The third-order valence-electron chi connectivity index (χ3n) is 4.28. The van der Waals surface area contributed by atoms with Gasteiger partial charge in [0, 0.05) is 0 Å². The maximum absolute atomic E-state index is 14.2. The maximum atomic E-state index is 14.2. The van der Waals surface area contributed by atoms with Gasteiger partial charge in [0.05, 0.1) is 12.2 Å². The molecule has 23 heavy (non-hydrogen) atoms. The molecule has 0 atom stereocenters. The lowest BCUT2D eigenvalue weighted by Crippen LogP contribution is -2.32. The number of piperidine rings is 1. The van der Waals surface area contributed by atoms with Gasteiger partial charge in [0.15, 0.2) is 23.6 Å². The number of carbonyl (C=O) groups is 1. The highest BCUT2D eigenvalue weighted by atomic mass is 19.1. The molecule has 0 spiro atoms. The number of hydrogen-bond acceptors (Lipinski definition) is 4. The van der Waals surface area contributed by atoms with E-state index in [1.807, 2.05) is 0 Å². The number of para-hydroxylation sites is 1. The first-order valence-corrected chi connectivity index (χ1v) is 7.82. The van der Waals surface area contributed by atoms with Crippen molar-refractivity contribution in [3.63, 3.8) is 0 Å². The van der Waals surface area contributed by atoms with Crippen molar-refractivity contribution in [2.24, 2.45) is 5.92 Å². The van der Waals surface area contributed by atoms with Crippen LogP contribution in [0.5, 0.6) is 5.75 Å². The van der Waals surface area contributed by atoms with Crippen molar-refractivity contribution in [1.82, 2.24) is 4.90 Å². The normalized spacial score (nSPS) is 16.4. The second kappa shape index (κ2) is 6.96.